The zero-order chi connectivity index (χ0) is 37.0. The van der Waals surface area contributed by atoms with E-state index in [4.69, 9.17) is 15.0 Å². The van der Waals surface area contributed by atoms with Gasteiger partial charge in [-0.25, -0.2) is 15.0 Å². The summed E-state index contributed by atoms with van der Waals surface area (Å²) in [5, 5.41) is 9.40. The number of fused-ring (bicyclic) bond motifs is 7. The number of pyridine rings is 1. The highest BCUT2D eigenvalue weighted by atomic mass is 14.9. The van der Waals surface area contributed by atoms with Crippen LogP contribution < -0.4 is 0 Å². The number of aromatic nitrogens is 3. The molecule has 260 valence electrons. The van der Waals surface area contributed by atoms with Crippen LogP contribution in [0.3, 0.4) is 0 Å². The van der Waals surface area contributed by atoms with Crippen LogP contribution in [0.5, 0.6) is 0 Å². The third kappa shape index (κ3) is 5.40. The van der Waals surface area contributed by atoms with Crippen molar-refractivity contribution in [3.63, 3.8) is 0 Å². The van der Waals surface area contributed by atoms with Crippen molar-refractivity contribution < 1.29 is 0 Å². The van der Waals surface area contributed by atoms with E-state index in [1.165, 1.54) is 43.6 Å². The lowest BCUT2D eigenvalue weighted by Crippen LogP contribution is -1.95. The molecule has 2 aromatic heterocycles. The first-order chi connectivity index (χ1) is 27.7. The fourth-order valence-corrected chi connectivity index (χ4v) is 8.29. The zero-order valence-electron chi connectivity index (χ0n) is 30.4. The fraction of sp³-hybridized carbons (Fsp3) is 0. The molecule has 56 heavy (non-hydrogen) atoms. The molecule has 9 aromatic carbocycles. The van der Waals surface area contributed by atoms with E-state index in [9.17, 15) is 0 Å². The van der Waals surface area contributed by atoms with Crippen molar-refractivity contribution in [2.75, 3.05) is 0 Å². The Kier molecular flexibility index (Phi) is 7.49. The van der Waals surface area contributed by atoms with Crippen LogP contribution in [0.25, 0.3) is 110 Å². The largest absolute Gasteiger partial charge is 0.247 e. The topological polar surface area (TPSA) is 38.7 Å². The molecule has 0 N–H and O–H groups in total. The highest BCUT2D eigenvalue weighted by Crippen LogP contribution is 2.42. The highest BCUT2D eigenvalue weighted by Gasteiger charge is 2.18. The predicted octanol–water partition coefficient (Wildman–Crippen LogP) is 14.0. The summed E-state index contributed by atoms with van der Waals surface area (Å²) < 4.78 is 0. The highest BCUT2D eigenvalue weighted by molar-refractivity contribution is 6.25. The summed E-state index contributed by atoms with van der Waals surface area (Å²) in [4.78, 5) is 15.6. The van der Waals surface area contributed by atoms with Gasteiger partial charge in [0.2, 0.25) is 0 Å². The maximum Gasteiger partial charge on any atom is 0.160 e. The second-order valence-corrected chi connectivity index (χ2v) is 14.4. The predicted molar refractivity (Wildman–Crippen MR) is 235 cm³/mol. The molecule has 3 nitrogen and oxygen atoms in total. The number of benzene rings is 9. The summed E-state index contributed by atoms with van der Waals surface area (Å²) in [6.07, 6.45) is 0. The van der Waals surface area contributed by atoms with Crippen LogP contribution in [0.1, 0.15) is 0 Å². The monoisotopic (exact) mass is 711 g/mol. The first-order valence-corrected chi connectivity index (χ1v) is 19.0. The zero-order valence-corrected chi connectivity index (χ0v) is 30.4. The minimum atomic E-state index is 0.712. The molecular formula is C53H33N3. The average molecular weight is 712 g/mol. The van der Waals surface area contributed by atoms with Gasteiger partial charge < -0.3 is 0 Å². The minimum absolute atomic E-state index is 0.712. The van der Waals surface area contributed by atoms with Gasteiger partial charge in [-0.15, -0.1) is 0 Å². The Morgan fingerprint density at radius 3 is 1.59 bits per heavy atom. The molecule has 0 amide bonds. The summed E-state index contributed by atoms with van der Waals surface area (Å²) in [5.74, 6) is 0.712. The lowest BCUT2D eigenvalue weighted by molar-refractivity contribution is 1.23. The van der Waals surface area contributed by atoms with E-state index in [1.54, 1.807) is 0 Å². The van der Waals surface area contributed by atoms with Crippen LogP contribution in [0.2, 0.25) is 0 Å². The van der Waals surface area contributed by atoms with Gasteiger partial charge in [0.1, 0.15) is 0 Å². The molecule has 0 atom stereocenters. The lowest BCUT2D eigenvalue weighted by Gasteiger charge is -2.17. The number of hydrogen-bond acceptors (Lipinski definition) is 3. The van der Waals surface area contributed by atoms with E-state index < -0.39 is 0 Å². The van der Waals surface area contributed by atoms with Crippen molar-refractivity contribution in [1.82, 2.24) is 15.0 Å². The van der Waals surface area contributed by atoms with Crippen LogP contribution in [0, 0.1) is 0 Å². The van der Waals surface area contributed by atoms with Gasteiger partial charge >= 0.3 is 0 Å². The van der Waals surface area contributed by atoms with Crippen LogP contribution >= 0.6 is 0 Å². The number of hydrogen-bond donors (Lipinski definition) is 0. The lowest BCUT2D eigenvalue weighted by atomic mass is 9.89. The molecule has 3 heteroatoms. The van der Waals surface area contributed by atoms with E-state index in [-0.39, 0.29) is 0 Å². The Bertz CT molecular complexity index is 3280. The van der Waals surface area contributed by atoms with Gasteiger partial charge in [-0.05, 0) is 68.1 Å². The van der Waals surface area contributed by atoms with Gasteiger partial charge in [-0.3, -0.25) is 0 Å². The molecule has 0 aliphatic heterocycles. The molecule has 11 aromatic rings. The Morgan fingerprint density at radius 1 is 0.268 bits per heavy atom. The molecule has 0 saturated carbocycles. The summed E-state index contributed by atoms with van der Waals surface area (Å²) >= 11 is 0. The van der Waals surface area contributed by atoms with Gasteiger partial charge in [-0.2, -0.15) is 0 Å². The van der Waals surface area contributed by atoms with Gasteiger partial charge in [0, 0.05) is 38.2 Å². The van der Waals surface area contributed by atoms with Crippen molar-refractivity contribution in [3.8, 4) is 56.2 Å². The summed E-state index contributed by atoms with van der Waals surface area (Å²) in [6, 6.07) is 71.0. The molecule has 0 aliphatic carbocycles. The van der Waals surface area contributed by atoms with Gasteiger partial charge in [0.05, 0.1) is 22.4 Å². The van der Waals surface area contributed by atoms with Crippen molar-refractivity contribution in [1.29, 1.82) is 0 Å². The van der Waals surface area contributed by atoms with E-state index in [2.05, 4.69) is 188 Å². The quantitative estimate of drug-likeness (QED) is 0.167. The summed E-state index contributed by atoms with van der Waals surface area (Å²) in [7, 11) is 0. The molecule has 2 heterocycles. The molecule has 11 rings (SSSR count). The average Bonchev–Trinajstić information content (AvgIpc) is 3.28. The normalized spacial score (nSPS) is 11.6. The SMILES string of the molecule is c1ccc(-c2ccc(-c3nc(-c4ccc(-c5cc6c(-c7ccc8ccccc8c7)nc7ccccc7c6c6ccccc56)cc4)c4ccccc4n3)cc2)cc1. The second kappa shape index (κ2) is 13.1. The second-order valence-electron chi connectivity index (χ2n) is 14.4. The number of para-hydroxylation sites is 2. The Hall–Kier alpha value is -7.49. The molecular weight excluding hydrogens is 679 g/mol. The molecule has 0 spiro atoms. The van der Waals surface area contributed by atoms with E-state index in [1.807, 2.05) is 12.1 Å². The number of nitrogens with zero attached hydrogens (tertiary/aromatic N) is 3. The van der Waals surface area contributed by atoms with Gasteiger partial charge in [0.25, 0.3) is 0 Å². The minimum Gasteiger partial charge on any atom is -0.247 e. The van der Waals surface area contributed by atoms with E-state index in [0.29, 0.717) is 5.82 Å². The summed E-state index contributed by atoms with van der Waals surface area (Å²) in [5.41, 5.74) is 11.6. The first kappa shape index (κ1) is 32.0. The first-order valence-electron chi connectivity index (χ1n) is 19.0. The molecule has 0 fully saturated rings. The van der Waals surface area contributed by atoms with Crippen molar-refractivity contribution in [2.45, 2.75) is 0 Å². The molecule has 0 unspecified atom stereocenters. The van der Waals surface area contributed by atoms with Crippen LogP contribution in [-0.2, 0) is 0 Å². The third-order valence-corrected chi connectivity index (χ3v) is 11.1. The van der Waals surface area contributed by atoms with Crippen molar-refractivity contribution >= 4 is 54.1 Å². The van der Waals surface area contributed by atoms with Crippen LogP contribution in [0.4, 0.5) is 0 Å². The Balaban J connectivity index is 1.06. The van der Waals surface area contributed by atoms with Crippen molar-refractivity contribution in [3.05, 3.63) is 200 Å². The van der Waals surface area contributed by atoms with Crippen LogP contribution in [-0.4, -0.2) is 15.0 Å². The molecule has 0 radical (unpaired) electrons. The molecule has 0 saturated heterocycles. The maximum absolute atomic E-state index is 5.34. The van der Waals surface area contributed by atoms with E-state index in [0.717, 1.165) is 60.8 Å². The van der Waals surface area contributed by atoms with Gasteiger partial charge in [-0.1, -0.05) is 176 Å². The maximum atomic E-state index is 5.34. The van der Waals surface area contributed by atoms with Crippen molar-refractivity contribution in [2.24, 2.45) is 0 Å². The summed E-state index contributed by atoms with van der Waals surface area (Å²) in [6.45, 7) is 0. The van der Waals surface area contributed by atoms with Gasteiger partial charge in [0.15, 0.2) is 5.82 Å². The standard InChI is InChI=1S/C53H33N3/c1-2-12-34(13-3-1)36-22-29-39(30-23-36)53-55-49-21-11-9-19-45(49)51(56-53)38-27-25-37(26-28-38)46-33-47-50(43-17-7-6-16-42(43)46)44-18-8-10-20-48(44)54-52(47)41-31-24-35-14-4-5-15-40(35)32-41/h1-33H. The Labute approximate surface area is 324 Å². The fourth-order valence-electron chi connectivity index (χ4n) is 8.29. The van der Waals surface area contributed by atoms with Crippen LogP contribution in [0.15, 0.2) is 200 Å². The van der Waals surface area contributed by atoms with E-state index >= 15 is 0 Å². The molecule has 0 bridgehead atoms. The Morgan fingerprint density at radius 2 is 0.804 bits per heavy atom. The molecule has 0 aliphatic rings. The smallest absolute Gasteiger partial charge is 0.160 e. The number of rotatable bonds is 5. The third-order valence-electron chi connectivity index (χ3n) is 11.1.